The zero-order chi connectivity index (χ0) is 21.5. The lowest BCUT2D eigenvalue weighted by atomic mass is 9.96. The minimum absolute atomic E-state index is 0.0248. The van der Waals surface area contributed by atoms with Crippen LogP contribution in [0.25, 0.3) is 11.5 Å². The van der Waals surface area contributed by atoms with E-state index in [2.05, 4.69) is 20.3 Å². The second kappa shape index (κ2) is 7.54. The molecule has 30 heavy (non-hydrogen) atoms. The SMILES string of the molecule is Cc1ccc(-c2nnc(C3CCN(C(=O)c4cc(C(F)(F)F)n(C)n4)CC3)o2)cn1. The minimum Gasteiger partial charge on any atom is -0.420 e. The number of hydrogen-bond donors (Lipinski definition) is 0. The van der Waals surface area contributed by atoms with Gasteiger partial charge in [0.15, 0.2) is 5.69 Å². The number of piperidine rings is 1. The number of alkyl halides is 3. The number of nitrogens with zero attached hydrogens (tertiary/aromatic N) is 6. The first kappa shape index (κ1) is 20.0. The van der Waals surface area contributed by atoms with E-state index in [1.807, 2.05) is 19.1 Å². The van der Waals surface area contributed by atoms with Crippen LogP contribution in [-0.4, -0.2) is 48.9 Å². The first-order chi connectivity index (χ1) is 14.2. The Balaban J connectivity index is 1.41. The molecule has 0 aliphatic carbocycles. The van der Waals surface area contributed by atoms with Crippen LogP contribution in [-0.2, 0) is 13.2 Å². The van der Waals surface area contributed by atoms with Crippen molar-refractivity contribution >= 4 is 5.91 Å². The topological polar surface area (TPSA) is 89.9 Å². The van der Waals surface area contributed by atoms with Crippen LogP contribution in [0.3, 0.4) is 0 Å². The fourth-order valence-corrected chi connectivity index (χ4v) is 3.44. The maximum absolute atomic E-state index is 12.9. The van der Waals surface area contributed by atoms with Crippen molar-refractivity contribution in [3.63, 3.8) is 0 Å². The third-order valence-corrected chi connectivity index (χ3v) is 5.12. The van der Waals surface area contributed by atoms with Crippen molar-refractivity contribution in [2.24, 2.45) is 7.05 Å². The van der Waals surface area contributed by atoms with Gasteiger partial charge in [-0.1, -0.05) is 0 Å². The van der Waals surface area contributed by atoms with Crippen molar-refractivity contribution in [3.05, 3.63) is 47.4 Å². The van der Waals surface area contributed by atoms with Crippen molar-refractivity contribution in [1.29, 1.82) is 0 Å². The van der Waals surface area contributed by atoms with Crippen molar-refractivity contribution in [2.75, 3.05) is 13.1 Å². The zero-order valence-electron chi connectivity index (χ0n) is 16.3. The Kier molecular flexibility index (Phi) is 5.04. The molecule has 158 valence electrons. The van der Waals surface area contributed by atoms with Gasteiger partial charge in [0.2, 0.25) is 11.8 Å². The van der Waals surface area contributed by atoms with Gasteiger partial charge in [0.25, 0.3) is 5.91 Å². The summed E-state index contributed by atoms with van der Waals surface area (Å²) in [6, 6.07) is 4.49. The Morgan fingerprint density at radius 1 is 1.20 bits per heavy atom. The van der Waals surface area contributed by atoms with E-state index < -0.39 is 17.8 Å². The maximum Gasteiger partial charge on any atom is 0.433 e. The number of hydrogen-bond acceptors (Lipinski definition) is 6. The number of halogens is 3. The second-order valence-electron chi connectivity index (χ2n) is 7.24. The van der Waals surface area contributed by atoms with Gasteiger partial charge >= 0.3 is 6.18 Å². The Hall–Kier alpha value is -3.24. The third kappa shape index (κ3) is 3.91. The fourth-order valence-electron chi connectivity index (χ4n) is 3.44. The molecule has 0 saturated carbocycles. The van der Waals surface area contributed by atoms with Crippen molar-refractivity contribution < 1.29 is 22.4 Å². The summed E-state index contributed by atoms with van der Waals surface area (Å²) in [5.41, 5.74) is 0.438. The molecule has 3 aromatic rings. The first-order valence-electron chi connectivity index (χ1n) is 9.39. The van der Waals surface area contributed by atoms with Gasteiger partial charge in [-0.15, -0.1) is 10.2 Å². The molecule has 11 heteroatoms. The number of carbonyl (C=O) groups is 1. The molecule has 0 bridgehead atoms. The summed E-state index contributed by atoms with van der Waals surface area (Å²) in [7, 11) is 1.17. The highest BCUT2D eigenvalue weighted by Gasteiger charge is 2.37. The molecule has 1 saturated heterocycles. The van der Waals surface area contributed by atoms with E-state index in [0.29, 0.717) is 42.4 Å². The van der Waals surface area contributed by atoms with E-state index in [0.717, 1.165) is 17.3 Å². The fraction of sp³-hybridized carbons (Fsp3) is 0.421. The van der Waals surface area contributed by atoms with E-state index in [9.17, 15) is 18.0 Å². The molecular weight excluding hydrogens is 401 g/mol. The van der Waals surface area contributed by atoms with Crippen molar-refractivity contribution in [2.45, 2.75) is 31.9 Å². The average Bonchev–Trinajstić information content (AvgIpc) is 3.35. The predicted molar refractivity (Wildman–Crippen MR) is 98.4 cm³/mol. The number of carbonyl (C=O) groups excluding carboxylic acids is 1. The molecule has 1 aliphatic heterocycles. The lowest BCUT2D eigenvalue weighted by Crippen LogP contribution is -2.38. The number of pyridine rings is 1. The highest BCUT2D eigenvalue weighted by Crippen LogP contribution is 2.31. The second-order valence-corrected chi connectivity index (χ2v) is 7.24. The summed E-state index contributed by atoms with van der Waals surface area (Å²) in [6.45, 7) is 2.61. The van der Waals surface area contributed by atoms with E-state index in [-0.39, 0.29) is 11.6 Å². The molecule has 0 unspecified atom stereocenters. The van der Waals surface area contributed by atoms with Crippen LogP contribution in [0.1, 0.15) is 46.5 Å². The molecule has 4 heterocycles. The molecule has 0 atom stereocenters. The third-order valence-electron chi connectivity index (χ3n) is 5.12. The molecule has 1 fully saturated rings. The molecule has 0 aromatic carbocycles. The minimum atomic E-state index is -4.56. The number of rotatable bonds is 3. The average molecular weight is 420 g/mol. The summed E-state index contributed by atoms with van der Waals surface area (Å²) in [5, 5.41) is 11.9. The number of amides is 1. The molecule has 0 N–H and O–H groups in total. The predicted octanol–water partition coefficient (Wildman–Crippen LogP) is 3.21. The van der Waals surface area contributed by atoms with Crippen LogP contribution in [0.15, 0.2) is 28.8 Å². The van der Waals surface area contributed by atoms with Gasteiger partial charge in [-0.2, -0.15) is 18.3 Å². The summed E-state index contributed by atoms with van der Waals surface area (Å²) in [5.74, 6) is 0.318. The van der Waals surface area contributed by atoms with Gasteiger partial charge < -0.3 is 9.32 Å². The van der Waals surface area contributed by atoms with Gasteiger partial charge in [-0.25, -0.2) is 0 Å². The summed E-state index contributed by atoms with van der Waals surface area (Å²) < 4.78 is 45.3. The van der Waals surface area contributed by atoms with Crippen molar-refractivity contribution in [3.8, 4) is 11.5 Å². The quantitative estimate of drug-likeness (QED) is 0.646. The van der Waals surface area contributed by atoms with E-state index in [4.69, 9.17) is 4.42 Å². The van der Waals surface area contributed by atoms with Crippen LogP contribution in [0.2, 0.25) is 0 Å². The highest BCUT2D eigenvalue weighted by molar-refractivity contribution is 5.92. The standard InChI is InChI=1S/C19H19F3N6O2/c1-11-3-4-13(10-23-11)17-25-24-16(30-17)12-5-7-28(8-6-12)18(29)14-9-15(19(20,21)22)27(2)26-14/h3-4,9-10,12H,5-8H2,1-2H3. The molecule has 8 nitrogen and oxygen atoms in total. The van der Waals surface area contributed by atoms with E-state index in [1.165, 1.54) is 11.9 Å². The van der Waals surface area contributed by atoms with Gasteiger partial charge in [-0.05, 0) is 31.9 Å². The Morgan fingerprint density at radius 2 is 1.93 bits per heavy atom. The van der Waals surface area contributed by atoms with Gasteiger partial charge in [0.05, 0.1) is 5.56 Å². The summed E-state index contributed by atoms with van der Waals surface area (Å²) in [6.07, 6.45) is -1.76. The number of aromatic nitrogens is 5. The zero-order valence-corrected chi connectivity index (χ0v) is 16.3. The van der Waals surface area contributed by atoms with Crippen LogP contribution in [0.5, 0.6) is 0 Å². The lowest BCUT2D eigenvalue weighted by molar-refractivity contribution is -0.143. The summed E-state index contributed by atoms with van der Waals surface area (Å²) in [4.78, 5) is 18.3. The van der Waals surface area contributed by atoms with E-state index in [1.54, 1.807) is 6.20 Å². The molecule has 1 aliphatic rings. The van der Waals surface area contributed by atoms with Crippen molar-refractivity contribution in [1.82, 2.24) is 29.9 Å². The highest BCUT2D eigenvalue weighted by atomic mass is 19.4. The molecule has 3 aromatic heterocycles. The Bertz CT molecular complexity index is 1050. The van der Waals surface area contributed by atoms with Crippen LogP contribution >= 0.6 is 0 Å². The van der Waals surface area contributed by atoms with Crippen LogP contribution < -0.4 is 0 Å². The first-order valence-corrected chi connectivity index (χ1v) is 9.39. The number of likely N-dealkylation sites (tertiary alicyclic amines) is 1. The van der Waals surface area contributed by atoms with E-state index >= 15 is 0 Å². The molecule has 0 spiro atoms. The Morgan fingerprint density at radius 3 is 2.53 bits per heavy atom. The Labute approximate surface area is 169 Å². The lowest BCUT2D eigenvalue weighted by Gasteiger charge is -2.29. The summed E-state index contributed by atoms with van der Waals surface area (Å²) >= 11 is 0. The number of aryl methyl sites for hydroxylation is 2. The molecular formula is C19H19F3N6O2. The maximum atomic E-state index is 12.9. The van der Waals surface area contributed by atoms with Gasteiger partial charge in [0.1, 0.15) is 5.69 Å². The van der Waals surface area contributed by atoms with Gasteiger partial charge in [-0.3, -0.25) is 14.5 Å². The monoisotopic (exact) mass is 420 g/mol. The van der Waals surface area contributed by atoms with Crippen LogP contribution in [0, 0.1) is 6.92 Å². The molecule has 4 rings (SSSR count). The largest absolute Gasteiger partial charge is 0.433 e. The smallest absolute Gasteiger partial charge is 0.420 e. The van der Waals surface area contributed by atoms with Crippen LogP contribution in [0.4, 0.5) is 13.2 Å². The van der Waals surface area contributed by atoms with Gasteiger partial charge in [0, 0.05) is 44.0 Å². The molecule has 1 amide bonds. The molecule has 0 radical (unpaired) electrons. The normalized spacial score (nSPS) is 15.6.